The second kappa shape index (κ2) is 14.2. The number of allylic oxidation sites excluding steroid dienone is 2. The van der Waals surface area contributed by atoms with Crippen molar-refractivity contribution < 1.29 is 35.0 Å². The average molecular weight is 534 g/mol. The fourth-order valence-corrected chi connectivity index (χ4v) is 4.41. The van der Waals surface area contributed by atoms with E-state index in [-0.39, 0.29) is 35.0 Å². The van der Waals surface area contributed by atoms with E-state index in [1.165, 1.54) is 44.1 Å². The van der Waals surface area contributed by atoms with Crippen molar-refractivity contribution in [2.24, 2.45) is 0 Å². The van der Waals surface area contributed by atoms with Crippen molar-refractivity contribution in [1.82, 2.24) is 4.57 Å². The van der Waals surface area contributed by atoms with Crippen molar-refractivity contribution in [3.63, 3.8) is 0 Å². The smallest absolute Gasteiger partial charge is 0.870 e. The number of aromatic nitrogens is 1. The molecule has 0 bridgehead atoms. The minimum absolute atomic E-state index is 0. The monoisotopic (exact) mass is 533 g/mol. The normalized spacial score (nSPS) is 10.3. The van der Waals surface area contributed by atoms with Gasteiger partial charge in [-0.05, 0) is 40.8 Å². The van der Waals surface area contributed by atoms with Crippen molar-refractivity contribution in [2.45, 2.75) is 13.0 Å². The molecule has 0 amide bonds. The Bertz CT molecular complexity index is 1310. The molecule has 0 saturated heterocycles. The van der Waals surface area contributed by atoms with E-state index in [9.17, 15) is 0 Å². The molecule has 35 heavy (non-hydrogen) atoms. The molecule has 4 heteroatoms. The Kier molecular flexibility index (Phi) is 11.7. The van der Waals surface area contributed by atoms with Crippen LogP contribution in [0.1, 0.15) is 11.1 Å². The number of hydrogen-bond donors (Lipinski definition) is 0. The largest absolute Gasteiger partial charge is 1.00 e. The molecule has 1 aromatic heterocycles. The Balaban J connectivity index is 0.000000207. The Hall–Kier alpha value is -2.40. The van der Waals surface area contributed by atoms with Crippen LogP contribution in [0.5, 0.6) is 0 Å². The first kappa shape index (κ1) is 28.8. The van der Waals surface area contributed by atoms with Gasteiger partial charge in [-0.2, -0.15) is 0 Å². The number of para-hydroxylation sites is 2. The molecule has 4 aromatic carbocycles. The predicted octanol–water partition coefficient (Wildman–Crippen LogP) is 5.63. The molecule has 1 N–H and O–H groups in total. The first-order valence-corrected chi connectivity index (χ1v) is 12.3. The molecule has 5 aromatic rings. The number of fused-ring (bicyclic) bond motifs is 6. The number of nitrogens with zero attached hydrogens (tertiary/aromatic N) is 1. The van der Waals surface area contributed by atoms with Crippen LogP contribution in [0.2, 0.25) is 0 Å². The molecule has 0 radical (unpaired) electrons. The number of rotatable bonds is 3. The Morgan fingerprint density at radius 1 is 0.657 bits per heavy atom. The summed E-state index contributed by atoms with van der Waals surface area (Å²) < 4.78 is 2.30. The summed E-state index contributed by atoms with van der Waals surface area (Å²) in [7, 11) is 0. The van der Waals surface area contributed by atoms with Gasteiger partial charge in [-0.1, -0.05) is 113 Å². The summed E-state index contributed by atoms with van der Waals surface area (Å²) in [4.78, 5) is 0. The van der Waals surface area contributed by atoms with E-state index < -0.39 is 0 Å². The molecule has 1 aliphatic carbocycles. The molecule has 0 atom stereocenters. The summed E-state index contributed by atoms with van der Waals surface area (Å²) in [5, 5.41) is 3.53. The van der Waals surface area contributed by atoms with Crippen LogP contribution in [0.15, 0.2) is 122 Å². The summed E-state index contributed by atoms with van der Waals surface area (Å²) in [6.07, 6.45) is 4.84. The molecule has 0 saturated carbocycles. The van der Waals surface area contributed by atoms with Gasteiger partial charge in [0.05, 0.1) is 0 Å². The zero-order valence-electron chi connectivity index (χ0n) is 20.2. The minimum Gasteiger partial charge on any atom is -0.870 e. The predicted molar refractivity (Wildman–Crippen MR) is 150 cm³/mol. The van der Waals surface area contributed by atoms with E-state index >= 15 is 0 Å². The number of benzene rings is 4. The summed E-state index contributed by atoms with van der Waals surface area (Å²) in [5.41, 5.74) is 8.32. The van der Waals surface area contributed by atoms with Gasteiger partial charge in [-0.15, -0.1) is 13.2 Å². The van der Waals surface area contributed by atoms with Crippen LogP contribution >= 0.6 is 15.9 Å². The van der Waals surface area contributed by atoms with Crippen LogP contribution in [-0.2, 0) is 13.0 Å². The van der Waals surface area contributed by atoms with Gasteiger partial charge < -0.3 is 10.0 Å². The first-order valence-electron chi connectivity index (χ1n) is 11.2. The summed E-state index contributed by atoms with van der Waals surface area (Å²) in [6, 6.07) is 34.3. The van der Waals surface area contributed by atoms with Crippen molar-refractivity contribution in [1.29, 1.82) is 0 Å². The Labute approximate surface area is 238 Å². The van der Waals surface area contributed by atoms with E-state index in [1.807, 2.05) is 6.08 Å². The van der Waals surface area contributed by atoms with Gasteiger partial charge in [0.2, 0.25) is 0 Å². The van der Waals surface area contributed by atoms with Crippen LogP contribution < -0.4 is 29.6 Å². The van der Waals surface area contributed by atoms with E-state index in [0.717, 1.165) is 18.3 Å². The molecule has 0 unspecified atom stereocenters. The average Bonchev–Trinajstić information content (AvgIpc) is 3.41. The summed E-state index contributed by atoms with van der Waals surface area (Å²) in [5.74, 6) is 0. The second-order valence-electron chi connectivity index (χ2n) is 7.87. The maximum atomic E-state index is 3.83. The molecular formula is C31H29BrNNaO. The third-order valence-corrected chi connectivity index (χ3v) is 6.26. The zero-order chi connectivity index (χ0) is 23.0. The maximum Gasteiger partial charge on any atom is 1.00 e. The number of hydrogen-bond acceptors (Lipinski definition) is 1. The Morgan fingerprint density at radius 2 is 1.06 bits per heavy atom. The molecule has 0 fully saturated rings. The van der Waals surface area contributed by atoms with E-state index in [1.54, 1.807) is 6.08 Å². The minimum atomic E-state index is 0. The SMILES string of the molecule is C=CCBr.C=CCn1c2ccccc2c2ccccc21.[Na+].[OH-].c1ccc2c(c1)Cc1ccccc1-2. The van der Waals surface area contributed by atoms with E-state index in [2.05, 4.69) is 131 Å². The van der Waals surface area contributed by atoms with E-state index in [4.69, 9.17) is 0 Å². The zero-order valence-corrected chi connectivity index (χ0v) is 23.8. The van der Waals surface area contributed by atoms with Crippen molar-refractivity contribution in [2.75, 3.05) is 5.33 Å². The quantitative estimate of drug-likeness (QED) is 0.165. The van der Waals surface area contributed by atoms with Gasteiger partial charge in [-0.3, -0.25) is 0 Å². The standard InChI is InChI=1S/C15H13N.C13H10.C3H5Br.Na.H2O/c1-2-11-16-14-9-5-3-7-12(14)13-8-4-6-10-15(13)16;1-3-7-12-10(5-1)9-11-6-2-4-8-13(11)12;1-2-3-4;;/h2-10H,1,11H2;1-8H,9H2;2H,1,3H2;;1H2/q;;;+1;/p-1. The Morgan fingerprint density at radius 3 is 1.49 bits per heavy atom. The van der Waals surface area contributed by atoms with Crippen LogP contribution in [0.4, 0.5) is 0 Å². The van der Waals surface area contributed by atoms with Gasteiger partial charge in [0, 0.05) is 33.7 Å². The molecule has 6 rings (SSSR count). The van der Waals surface area contributed by atoms with Crippen LogP contribution in [-0.4, -0.2) is 15.4 Å². The maximum absolute atomic E-state index is 3.83. The molecule has 0 spiro atoms. The van der Waals surface area contributed by atoms with Gasteiger partial charge in [0.25, 0.3) is 0 Å². The molecule has 1 heterocycles. The van der Waals surface area contributed by atoms with Gasteiger partial charge in [0.15, 0.2) is 0 Å². The summed E-state index contributed by atoms with van der Waals surface area (Å²) in [6.45, 7) is 8.12. The fraction of sp³-hybridized carbons (Fsp3) is 0.0968. The fourth-order valence-electron chi connectivity index (χ4n) is 4.41. The number of alkyl halides is 1. The topological polar surface area (TPSA) is 34.9 Å². The molecule has 2 nitrogen and oxygen atoms in total. The third-order valence-electron chi connectivity index (χ3n) is 5.81. The number of halogens is 1. The van der Waals surface area contributed by atoms with Gasteiger partial charge in [0.1, 0.15) is 0 Å². The third kappa shape index (κ3) is 6.43. The van der Waals surface area contributed by atoms with Crippen molar-refractivity contribution in [3.8, 4) is 11.1 Å². The van der Waals surface area contributed by atoms with Crippen molar-refractivity contribution >= 4 is 37.7 Å². The molecular weight excluding hydrogens is 505 g/mol. The molecule has 1 aliphatic rings. The van der Waals surface area contributed by atoms with Crippen LogP contribution in [0.25, 0.3) is 32.9 Å². The second-order valence-corrected chi connectivity index (χ2v) is 8.52. The van der Waals surface area contributed by atoms with Crippen LogP contribution in [0.3, 0.4) is 0 Å². The van der Waals surface area contributed by atoms with E-state index in [0.29, 0.717) is 0 Å². The first-order chi connectivity index (χ1) is 16.3. The van der Waals surface area contributed by atoms with Crippen LogP contribution in [0, 0.1) is 0 Å². The van der Waals surface area contributed by atoms with Gasteiger partial charge in [-0.25, -0.2) is 0 Å². The van der Waals surface area contributed by atoms with Gasteiger partial charge >= 0.3 is 29.6 Å². The molecule has 172 valence electrons. The van der Waals surface area contributed by atoms with Crippen molar-refractivity contribution in [3.05, 3.63) is 133 Å². The molecule has 0 aliphatic heterocycles. The summed E-state index contributed by atoms with van der Waals surface area (Å²) >= 11 is 3.13.